The highest BCUT2D eigenvalue weighted by molar-refractivity contribution is 9.10. The number of halogens is 1. The number of nitro benzene ring substituents is 1. The molecule has 8 rings (SSSR count). The fraction of sp³-hybridized carbons (Fsp3) is 0.152. The van der Waals surface area contributed by atoms with Crippen LogP contribution in [0.2, 0.25) is 0 Å². The summed E-state index contributed by atoms with van der Waals surface area (Å²) in [5, 5.41) is 13.2. The number of carbonyl (C=O) groups excluding carboxylic acids is 4. The first-order valence-electron chi connectivity index (χ1n) is 13.7. The Morgan fingerprint density at radius 1 is 0.744 bits per heavy atom. The van der Waals surface area contributed by atoms with Crippen LogP contribution < -0.4 is 0 Å². The fourth-order valence-corrected chi connectivity index (χ4v) is 7.16. The largest absolute Gasteiger partial charge is 0.292 e. The van der Waals surface area contributed by atoms with Gasteiger partial charge in [-0.3, -0.25) is 29.3 Å². The molecule has 1 heterocycles. The molecule has 0 radical (unpaired) electrons. The van der Waals surface area contributed by atoms with Crippen LogP contribution in [-0.2, 0) is 9.59 Å². The van der Waals surface area contributed by atoms with E-state index in [0.29, 0.717) is 0 Å². The summed E-state index contributed by atoms with van der Waals surface area (Å²) in [6, 6.07) is 27.0. The number of hydrazine groups is 1. The van der Waals surface area contributed by atoms with Crippen LogP contribution in [0, 0.1) is 22.0 Å². The molecule has 43 heavy (non-hydrogen) atoms. The van der Waals surface area contributed by atoms with E-state index in [1.165, 1.54) is 18.2 Å². The fourth-order valence-electron chi connectivity index (χ4n) is 6.90. The molecule has 3 amide bonds. The van der Waals surface area contributed by atoms with Gasteiger partial charge in [0, 0.05) is 39.6 Å². The first-order valence-corrected chi connectivity index (χ1v) is 14.5. The lowest BCUT2D eigenvalue weighted by molar-refractivity contribution is -0.384. The Bertz CT molecular complexity index is 1760. The van der Waals surface area contributed by atoms with Gasteiger partial charge in [-0.2, -0.15) is 5.01 Å². The second kappa shape index (κ2) is 10.1. The summed E-state index contributed by atoms with van der Waals surface area (Å²) >= 11 is 3.34. The molecule has 0 aromatic heterocycles. The number of nitro groups is 1. The molecule has 9 nitrogen and oxygen atoms in total. The zero-order valence-electron chi connectivity index (χ0n) is 22.4. The second-order valence-electron chi connectivity index (χ2n) is 10.9. The third-order valence-corrected chi connectivity index (χ3v) is 9.19. The van der Waals surface area contributed by atoms with Gasteiger partial charge >= 0.3 is 0 Å². The Hall–Kier alpha value is -4.96. The van der Waals surface area contributed by atoms with Crippen molar-refractivity contribution in [3.05, 3.63) is 145 Å². The van der Waals surface area contributed by atoms with Gasteiger partial charge in [-0.1, -0.05) is 82.7 Å². The van der Waals surface area contributed by atoms with E-state index in [0.717, 1.165) is 42.8 Å². The van der Waals surface area contributed by atoms with E-state index in [1.807, 2.05) is 48.5 Å². The van der Waals surface area contributed by atoms with Gasteiger partial charge in [0.05, 0.1) is 16.8 Å². The Morgan fingerprint density at radius 2 is 1.26 bits per heavy atom. The van der Waals surface area contributed by atoms with Gasteiger partial charge in [-0.25, -0.2) is 5.01 Å². The number of Topliss-reactive ketones (excluding diaryl/α,β-unsaturated/α-hetero) is 1. The highest BCUT2D eigenvalue weighted by Gasteiger charge is 2.63. The molecule has 10 heteroatoms. The van der Waals surface area contributed by atoms with Crippen LogP contribution in [0.25, 0.3) is 0 Å². The minimum Gasteiger partial charge on any atom is -0.292 e. The molecule has 4 aromatic rings. The molecular weight excluding hydrogens is 614 g/mol. The maximum Gasteiger partial charge on any atom is 0.273 e. The second-order valence-corrected chi connectivity index (χ2v) is 11.8. The number of hydrogen-bond donors (Lipinski definition) is 0. The minimum atomic E-state index is -0.864. The van der Waals surface area contributed by atoms with E-state index in [2.05, 4.69) is 15.9 Å². The smallest absolute Gasteiger partial charge is 0.273 e. The third kappa shape index (κ3) is 4.12. The summed E-state index contributed by atoms with van der Waals surface area (Å²) in [5.74, 6) is -4.86. The first-order chi connectivity index (χ1) is 20.8. The van der Waals surface area contributed by atoms with Gasteiger partial charge in [0.2, 0.25) is 0 Å². The predicted octanol–water partition coefficient (Wildman–Crippen LogP) is 5.49. The Morgan fingerprint density at radius 3 is 1.74 bits per heavy atom. The summed E-state index contributed by atoms with van der Waals surface area (Å²) in [5.41, 5.74) is 3.70. The van der Waals surface area contributed by atoms with Crippen molar-refractivity contribution in [1.29, 1.82) is 0 Å². The quantitative estimate of drug-likeness (QED) is 0.120. The molecule has 0 N–H and O–H groups in total. The lowest BCUT2D eigenvalue weighted by Gasteiger charge is -2.45. The predicted molar refractivity (Wildman–Crippen MR) is 158 cm³/mol. The molecule has 1 aliphatic heterocycles. The topological polar surface area (TPSA) is 118 Å². The van der Waals surface area contributed by atoms with Crippen molar-refractivity contribution in [1.82, 2.24) is 10.0 Å². The Kier molecular flexibility index (Phi) is 6.32. The standard InChI is InChI=1S/C33H22BrN3O6/c34-20-14-12-18(13-15-20)26(38)17-35(31(39)19-6-5-7-21(16-19)37(42)43)36-32(40)29-27-22-8-1-2-9-23(22)28(30(29)33(36)41)25-11-4-3-10-24(25)27/h1-16,27-30H,17H2/t27?,28?,29-,30-/m0/s1. The molecule has 1 saturated heterocycles. The van der Waals surface area contributed by atoms with E-state index in [4.69, 9.17) is 0 Å². The normalized spacial score (nSPS) is 21.2. The number of rotatable bonds is 6. The number of imide groups is 1. The number of amides is 3. The number of nitrogens with zero attached hydrogens (tertiary/aromatic N) is 3. The summed E-state index contributed by atoms with van der Waals surface area (Å²) in [4.78, 5) is 67.1. The van der Waals surface area contributed by atoms with Gasteiger partial charge in [-0.15, -0.1) is 0 Å². The Labute approximate surface area is 254 Å². The zero-order valence-corrected chi connectivity index (χ0v) is 24.0. The molecule has 4 aromatic carbocycles. The number of ketones is 1. The van der Waals surface area contributed by atoms with Crippen molar-refractivity contribution in [2.45, 2.75) is 11.8 Å². The molecule has 0 unspecified atom stereocenters. The van der Waals surface area contributed by atoms with Crippen molar-refractivity contribution < 1.29 is 24.1 Å². The van der Waals surface area contributed by atoms with E-state index in [9.17, 15) is 29.3 Å². The molecule has 0 saturated carbocycles. The van der Waals surface area contributed by atoms with Crippen molar-refractivity contribution in [3.8, 4) is 0 Å². The maximum atomic E-state index is 14.4. The lowest BCUT2D eigenvalue weighted by atomic mass is 9.55. The summed E-state index contributed by atoms with van der Waals surface area (Å²) in [6.07, 6.45) is 0. The highest BCUT2D eigenvalue weighted by atomic mass is 79.9. The van der Waals surface area contributed by atoms with Crippen molar-refractivity contribution in [2.75, 3.05) is 6.54 Å². The van der Waals surface area contributed by atoms with Crippen LogP contribution in [0.1, 0.15) is 54.8 Å². The van der Waals surface area contributed by atoms with E-state index >= 15 is 0 Å². The van der Waals surface area contributed by atoms with E-state index in [1.54, 1.807) is 24.3 Å². The number of benzene rings is 4. The number of carbonyl (C=O) groups is 4. The summed E-state index contributed by atoms with van der Waals surface area (Å²) in [6.45, 7) is -0.616. The van der Waals surface area contributed by atoms with Crippen LogP contribution in [0.5, 0.6) is 0 Å². The maximum absolute atomic E-state index is 14.4. The molecule has 0 spiro atoms. The van der Waals surface area contributed by atoms with Gasteiger partial charge in [0.25, 0.3) is 23.4 Å². The van der Waals surface area contributed by atoms with Crippen molar-refractivity contribution in [3.63, 3.8) is 0 Å². The van der Waals surface area contributed by atoms with Gasteiger partial charge in [0.15, 0.2) is 5.78 Å². The first kappa shape index (κ1) is 26.9. The van der Waals surface area contributed by atoms with Crippen molar-refractivity contribution in [2.24, 2.45) is 11.8 Å². The van der Waals surface area contributed by atoms with Crippen LogP contribution in [-0.4, -0.2) is 45.0 Å². The van der Waals surface area contributed by atoms with Crippen LogP contribution in [0.15, 0.2) is 102 Å². The number of hydrogen-bond acceptors (Lipinski definition) is 6. The summed E-state index contributed by atoms with van der Waals surface area (Å²) in [7, 11) is 0. The van der Waals surface area contributed by atoms with Crippen LogP contribution in [0.3, 0.4) is 0 Å². The molecule has 4 aliphatic rings. The van der Waals surface area contributed by atoms with Gasteiger partial charge < -0.3 is 0 Å². The molecule has 2 atom stereocenters. The van der Waals surface area contributed by atoms with Crippen molar-refractivity contribution >= 4 is 45.1 Å². The van der Waals surface area contributed by atoms with E-state index in [-0.39, 0.29) is 16.8 Å². The zero-order chi connectivity index (χ0) is 30.0. The molecule has 1 fully saturated rings. The minimum absolute atomic E-state index is 0.122. The van der Waals surface area contributed by atoms with E-state index < -0.39 is 58.6 Å². The SMILES string of the molecule is O=C(CN(C(=O)c1cccc([N+](=O)[O-])c1)N1C(=O)[C@H]2C3c4ccccc4C(c4ccccc43)[C@@H]2C1=O)c1ccc(Br)cc1. The summed E-state index contributed by atoms with van der Waals surface area (Å²) < 4.78 is 0.747. The monoisotopic (exact) mass is 635 g/mol. The molecular formula is C33H22BrN3O6. The number of non-ortho nitro benzene ring substituents is 1. The van der Waals surface area contributed by atoms with Crippen LogP contribution >= 0.6 is 15.9 Å². The van der Waals surface area contributed by atoms with Gasteiger partial charge in [-0.05, 0) is 40.5 Å². The molecule has 2 bridgehead atoms. The van der Waals surface area contributed by atoms with Crippen LogP contribution in [0.4, 0.5) is 5.69 Å². The highest BCUT2D eigenvalue weighted by Crippen LogP contribution is 2.61. The third-order valence-electron chi connectivity index (χ3n) is 8.66. The van der Waals surface area contributed by atoms with Gasteiger partial charge in [0.1, 0.15) is 6.54 Å². The molecule has 3 aliphatic carbocycles. The Balaban J connectivity index is 1.33. The average molecular weight is 636 g/mol. The molecule has 212 valence electrons. The average Bonchev–Trinajstić information content (AvgIpc) is 3.29. The lowest BCUT2D eigenvalue weighted by Crippen LogP contribution is -2.52.